The summed E-state index contributed by atoms with van der Waals surface area (Å²) >= 11 is 0. The zero-order valence-electron chi connectivity index (χ0n) is 5.96. The minimum Gasteiger partial charge on any atom is -0.250 e. The largest absolute Gasteiger partial charge is 0.397 e. The van der Waals surface area contributed by atoms with Crippen LogP contribution in [0.5, 0.6) is 0 Å². The number of alkyl halides is 5. The summed E-state index contributed by atoms with van der Waals surface area (Å²) in [6, 6.07) is 0. The van der Waals surface area contributed by atoms with Crippen LogP contribution in [-0.2, 0) is 0 Å². The zero-order valence-corrected chi connectivity index (χ0v) is 5.96. The van der Waals surface area contributed by atoms with Gasteiger partial charge in [-0.25, -0.2) is 4.39 Å². The van der Waals surface area contributed by atoms with E-state index in [1.165, 1.54) is 6.92 Å². The summed E-state index contributed by atoms with van der Waals surface area (Å²) in [4.78, 5) is 0. The molecule has 0 aliphatic rings. The Morgan fingerprint density at radius 1 is 1.27 bits per heavy atom. The normalized spacial score (nSPS) is 18.0. The highest BCUT2D eigenvalue weighted by Gasteiger charge is 2.44. The van der Waals surface area contributed by atoms with Crippen molar-refractivity contribution >= 4 is 0 Å². The van der Waals surface area contributed by atoms with Gasteiger partial charge < -0.3 is 0 Å². The van der Waals surface area contributed by atoms with Crippen LogP contribution in [0.2, 0.25) is 0 Å². The highest BCUT2D eigenvalue weighted by molar-refractivity contribution is 4.74. The highest BCUT2D eigenvalue weighted by atomic mass is 19.4. The molecule has 0 saturated heterocycles. The summed E-state index contributed by atoms with van der Waals surface area (Å²) in [5.74, 6) is -2.45. The Morgan fingerprint density at radius 2 is 1.73 bits per heavy atom. The van der Waals surface area contributed by atoms with Gasteiger partial charge in [-0.05, 0) is 6.42 Å². The van der Waals surface area contributed by atoms with E-state index in [-0.39, 0.29) is 6.42 Å². The van der Waals surface area contributed by atoms with Crippen LogP contribution >= 0.6 is 0 Å². The van der Waals surface area contributed by atoms with Crippen molar-refractivity contribution in [3.8, 4) is 0 Å². The van der Waals surface area contributed by atoms with Crippen LogP contribution in [0.1, 0.15) is 13.3 Å². The Hall–Kier alpha value is -0.350. The molecular formula is C6H9F5. The van der Waals surface area contributed by atoms with Crippen LogP contribution in [0.4, 0.5) is 22.0 Å². The lowest BCUT2D eigenvalue weighted by molar-refractivity contribution is -0.194. The molecule has 0 N–H and O–H groups in total. The summed E-state index contributed by atoms with van der Waals surface area (Å²) in [6.45, 7) is -0.433. The van der Waals surface area contributed by atoms with Gasteiger partial charge in [-0.15, -0.1) is 0 Å². The van der Waals surface area contributed by atoms with Gasteiger partial charge in [0.1, 0.15) is 18.8 Å². The van der Waals surface area contributed by atoms with Crippen LogP contribution < -0.4 is 0 Å². The molecule has 0 radical (unpaired) electrons. The van der Waals surface area contributed by atoms with Crippen molar-refractivity contribution in [2.45, 2.75) is 25.7 Å². The molecule has 0 aromatic carbocycles. The summed E-state index contributed by atoms with van der Waals surface area (Å²) in [5, 5.41) is 0. The van der Waals surface area contributed by atoms with Gasteiger partial charge in [0.2, 0.25) is 0 Å². The number of rotatable bonds is 3. The smallest absolute Gasteiger partial charge is 0.250 e. The Labute approximate surface area is 61.4 Å². The fourth-order valence-corrected chi connectivity index (χ4v) is 0.674. The van der Waals surface area contributed by atoms with Gasteiger partial charge in [-0.3, -0.25) is 4.39 Å². The average molecular weight is 176 g/mol. The van der Waals surface area contributed by atoms with Crippen molar-refractivity contribution in [2.24, 2.45) is 5.92 Å². The second-order valence-corrected chi connectivity index (χ2v) is 2.23. The Morgan fingerprint density at radius 3 is 1.82 bits per heavy atom. The summed E-state index contributed by atoms with van der Waals surface area (Å²) in [5.41, 5.74) is 0. The predicted molar refractivity (Wildman–Crippen MR) is 30.7 cm³/mol. The first kappa shape index (κ1) is 10.7. The predicted octanol–water partition coefficient (Wildman–Crippen LogP) is 2.88. The number of halogens is 5. The SMILES string of the molecule is CCC(F)C(CF)C(F)(F)F. The second kappa shape index (κ2) is 3.88. The van der Waals surface area contributed by atoms with Crippen molar-refractivity contribution < 1.29 is 22.0 Å². The van der Waals surface area contributed by atoms with Gasteiger partial charge >= 0.3 is 6.18 Å². The van der Waals surface area contributed by atoms with Gasteiger partial charge in [0.05, 0.1) is 0 Å². The fraction of sp³-hybridized carbons (Fsp3) is 1.00. The molecule has 0 spiro atoms. The van der Waals surface area contributed by atoms with Crippen molar-refractivity contribution in [1.29, 1.82) is 0 Å². The molecule has 0 heterocycles. The summed E-state index contributed by atoms with van der Waals surface area (Å²) in [7, 11) is 0. The van der Waals surface area contributed by atoms with E-state index in [0.717, 1.165) is 0 Å². The molecule has 0 aromatic heterocycles. The topological polar surface area (TPSA) is 0 Å². The Kier molecular flexibility index (Phi) is 3.75. The van der Waals surface area contributed by atoms with E-state index < -0.39 is 24.9 Å². The third-order valence-corrected chi connectivity index (χ3v) is 1.41. The monoisotopic (exact) mass is 176 g/mol. The molecule has 11 heavy (non-hydrogen) atoms. The van der Waals surface area contributed by atoms with Crippen LogP contribution in [0.15, 0.2) is 0 Å². The van der Waals surface area contributed by atoms with Crippen LogP contribution in [0, 0.1) is 5.92 Å². The van der Waals surface area contributed by atoms with Crippen molar-refractivity contribution in [1.82, 2.24) is 0 Å². The van der Waals surface area contributed by atoms with Gasteiger partial charge in [-0.2, -0.15) is 13.2 Å². The molecule has 0 saturated carbocycles. The van der Waals surface area contributed by atoms with Crippen molar-refractivity contribution in [3.05, 3.63) is 0 Å². The first-order chi connectivity index (χ1) is 4.93. The molecule has 0 aliphatic heterocycles. The quantitative estimate of drug-likeness (QED) is 0.580. The van der Waals surface area contributed by atoms with E-state index >= 15 is 0 Å². The van der Waals surface area contributed by atoms with E-state index in [1.54, 1.807) is 0 Å². The lowest BCUT2D eigenvalue weighted by Gasteiger charge is -2.19. The standard InChI is InChI=1S/C6H9F5/c1-2-5(8)4(3-7)6(9,10)11/h4-5H,2-3H2,1H3. The fourth-order valence-electron chi connectivity index (χ4n) is 0.674. The van der Waals surface area contributed by atoms with Crippen LogP contribution in [-0.4, -0.2) is 19.0 Å². The zero-order chi connectivity index (χ0) is 9.07. The Balaban J connectivity index is 4.16. The Bertz CT molecular complexity index is 108. The van der Waals surface area contributed by atoms with E-state index in [9.17, 15) is 22.0 Å². The molecule has 0 rings (SSSR count). The van der Waals surface area contributed by atoms with Crippen LogP contribution in [0.3, 0.4) is 0 Å². The van der Waals surface area contributed by atoms with Crippen molar-refractivity contribution in [2.75, 3.05) is 6.67 Å². The maximum Gasteiger partial charge on any atom is 0.397 e. The van der Waals surface area contributed by atoms with Crippen molar-refractivity contribution in [3.63, 3.8) is 0 Å². The van der Waals surface area contributed by atoms with E-state index in [4.69, 9.17) is 0 Å². The molecule has 2 unspecified atom stereocenters. The maximum atomic E-state index is 12.3. The molecular weight excluding hydrogens is 167 g/mol. The number of hydrogen-bond acceptors (Lipinski definition) is 0. The molecule has 2 atom stereocenters. The van der Waals surface area contributed by atoms with Gasteiger partial charge in [-0.1, -0.05) is 6.92 Å². The minimum absolute atomic E-state index is 0.311. The van der Waals surface area contributed by atoms with E-state index in [2.05, 4.69) is 0 Å². The number of hydrogen-bond donors (Lipinski definition) is 0. The maximum absolute atomic E-state index is 12.3. The molecule has 0 aromatic rings. The second-order valence-electron chi connectivity index (χ2n) is 2.23. The molecule has 5 heteroatoms. The molecule has 68 valence electrons. The highest BCUT2D eigenvalue weighted by Crippen LogP contribution is 2.31. The third-order valence-electron chi connectivity index (χ3n) is 1.41. The average Bonchev–Trinajstić information content (AvgIpc) is 1.86. The van der Waals surface area contributed by atoms with Crippen LogP contribution in [0.25, 0.3) is 0 Å². The first-order valence-electron chi connectivity index (χ1n) is 3.20. The summed E-state index contributed by atoms with van der Waals surface area (Å²) in [6.07, 6.45) is -7.20. The van der Waals surface area contributed by atoms with E-state index in [0.29, 0.717) is 0 Å². The van der Waals surface area contributed by atoms with Gasteiger partial charge in [0, 0.05) is 0 Å². The molecule has 0 fully saturated rings. The summed E-state index contributed by atoms with van der Waals surface area (Å²) < 4.78 is 59.0. The third kappa shape index (κ3) is 3.03. The first-order valence-corrected chi connectivity index (χ1v) is 3.20. The lowest BCUT2D eigenvalue weighted by Crippen LogP contribution is -2.32. The lowest BCUT2D eigenvalue weighted by atomic mass is 10.0. The molecule has 0 aliphatic carbocycles. The molecule has 0 amide bonds. The van der Waals surface area contributed by atoms with E-state index in [1.807, 2.05) is 0 Å². The molecule has 0 bridgehead atoms. The molecule has 0 nitrogen and oxygen atoms in total. The van der Waals surface area contributed by atoms with Gasteiger partial charge in [0.15, 0.2) is 0 Å². The minimum atomic E-state index is -4.76. The van der Waals surface area contributed by atoms with Gasteiger partial charge in [0.25, 0.3) is 0 Å².